The molecule has 8 N–H and O–H groups in total. The van der Waals surface area contributed by atoms with E-state index < -0.39 is 72.6 Å². The Morgan fingerprint density at radius 3 is 1.86 bits per heavy atom. The number of aliphatic hydroxyl groups is 1. The van der Waals surface area contributed by atoms with Crippen LogP contribution in [0.25, 0.3) is 0 Å². The summed E-state index contributed by atoms with van der Waals surface area (Å²) in [6.07, 6.45) is 14.9. The van der Waals surface area contributed by atoms with Crippen molar-refractivity contribution >= 4 is 36.7 Å². The Labute approximate surface area is 342 Å². The summed E-state index contributed by atoms with van der Waals surface area (Å²) in [5, 5.41) is 24.0. The molecule has 0 aromatic rings. The third-order valence-electron chi connectivity index (χ3n) is 12.9. The normalized spacial score (nSPS) is 25.1. The van der Waals surface area contributed by atoms with Crippen LogP contribution >= 0.6 is 0 Å². The number of hydrogen-bond donors (Lipinski definition) is 7. The van der Waals surface area contributed by atoms with Crippen LogP contribution in [0.15, 0.2) is 0 Å². The molecule has 57 heavy (non-hydrogen) atoms. The number of nitrogens with two attached hydrogens (primary N) is 1. The van der Waals surface area contributed by atoms with Crippen LogP contribution in [-0.2, 0) is 33.3 Å². The van der Waals surface area contributed by atoms with E-state index in [2.05, 4.69) is 54.3 Å². The van der Waals surface area contributed by atoms with Crippen molar-refractivity contribution in [3.8, 4) is 0 Å². The molecule has 0 aromatic carbocycles. The number of carbonyl (C=O) groups excluding carboxylic acids is 5. The molecule has 1 heterocycles. The fourth-order valence-corrected chi connectivity index (χ4v) is 9.04. The van der Waals surface area contributed by atoms with E-state index >= 15 is 0 Å². The van der Waals surface area contributed by atoms with Crippen LogP contribution in [0.1, 0.15) is 165 Å². The average molecular weight is 805 g/mol. The SMILES string of the molecule is CCCCCCCCCCCCCC(=O)NC(CCN)C(=O)NC(C(=O)NC(C)C(=O)NC(CCC)C(=O)NC(C)B1OC2CC3CC(C3(C)C)C2(C)O1)C(C)O. The van der Waals surface area contributed by atoms with E-state index in [1.54, 1.807) is 0 Å². The second-order valence-electron chi connectivity index (χ2n) is 17.9. The van der Waals surface area contributed by atoms with E-state index in [0.29, 0.717) is 31.1 Å². The Bertz CT molecular complexity index is 1320. The lowest BCUT2D eigenvalue weighted by atomic mass is 9.43. The van der Waals surface area contributed by atoms with E-state index in [0.717, 1.165) is 32.1 Å². The second kappa shape index (κ2) is 23.2. The van der Waals surface area contributed by atoms with Gasteiger partial charge in [-0.25, -0.2) is 0 Å². The minimum Gasteiger partial charge on any atom is -0.404 e. The lowest BCUT2D eigenvalue weighted by molar-refractivity contribution is -0.199. The smallest absolute Gasteiger partial charge is 0.404 e. The van der Waals surface area contributed by atoms with Gasteiger partial charge in [0.15, 0.2) is 0 Å². The predicted octanol–water partition coefficient (Wildman–Crippen LogP) is 3.95. The van der Waals surface area contributed by atoms with Crippen molar-refractivity contribution in [3.05, 3.63) is 0 Å². The summed E-state index contributed by atoms with van der Waals surface area (Å²) in [5.74, 6) is -2.22. The number of hydrogen-bond acceptors (Lipinski definition) is 9. The summed E-state index contributed by atoms with van der Waals surface area (Å²) in [7, 11) is -0.616. The molecule has 0 radical (unpaired) electrons. The maximum atomic E-state index is 13.5. The van der Waals surface area contributed by atoms with Crippen molar-refractivity contribution in [1.29, 1.82) is 0 Å². The Balaban J connectivity index is 1.45. The first kappa shape index (κ1) is 48.6. The van der Waals surface area contributed by atoms with E-state index in [9.17, 15) is 29.1 Å². The first-order valence-corrected chi connectivity index (χ1v) is 22.2. The highest BCUT2D eigenvalue weighted by molar-refractivity contribution is 6.47. The number of amides is 5. The van der Waals surface area contributed by atoms with Crippen LogP contribution < -0.4 is 32.3 Å². The third-order valence-corrected chi connectivity index (χ3v) is 12.9. The van der Waals surface area contributed by atoms with Gasteiger partial charge in [0, 0.05) is 6.42 Å². The lowest BCUT2D eigenvalue weighted by Crippen LogP contribution is -2.65. The highest BCUT2D eigenvalue weighted by Gasteiger charge is 2.68. The van der Waals surface area contributed by atoms with Crippen molar-refractivity contribution in [2.75, 3.05) is 6.54 Å². The van der Waals surface area contributed by atoms with Crippen molar-refractivity contribution in [2.24, 2.45) is 23.0 Å². The highest BCUT2D eigenvalue weighted by atomic mass is 16.7. The zero-order valence-corrected chi connectivity index (χ0v) is 36.4. The predicted molar refractivity (Wildman–Crippen MR) is 222 cm³/mol. The van der Waals surface area contributed by atoms with E-state index in [1.807, 2.05) is 13.8 Å². The second-order valence-corrected chi connectivity index (χ2v) is 17.9. The van der Waals surface area contributed by atoms with Gasteiger partial charge in [0.1, 0.15) is 24.2 Å². The summed E-state index contributed by atoms with van der Waals surface area (Å²) < 4.78 is 12.9. The molecular weight excluding hydrogens is 727 g/mol. The van der Waals surface area contributed by atoms with Crippen LogP contribution in [0.2, 0.25) is 0 Å². The third kappa shape index (κ3) is 13.6. The molecule has 4 aliphatic rings. The molecule has 326 valence electrons. The molecule has 2 bridgehead atoms. The monoisotopic (exact) mass is 805 g/mol. The number of aliphatic hydroxyl groups excluding tert-OH is 1. The van der Waals surface area contributed by atoms with Gasteiger partial charge >= 0.3 is 7.12 Å². The Kier molecular flexibility index (Phi) is 19.7. The molecule has 10 unspecified atom stereocenters. The fraction of sp³-hybridized carbons (Fsp3) is 0.881. The maximum Gasteiger partial charge on any atom is 0.481 e. The Hall–Kier alpha value is -2.75. The summed E-state index contributed by atoms with van der Waals surface area (Å²) in [4.78, 5) is 66.1. The summed E-state index contributed by atoms with van der Waals surface area (Å²) in [6, 6.07) is -4.40. The summed E-state index contributed by atoms with van der Waals surface area (Å²) in [5.41, 5.74) is 5.52. The van der Waals surface area contributed by atoms with Gasteiger partial charge in [0.05, 0.1) is 23.8 Å². The molecule has 15 heteroatoms. The van der Waals surface area contributed by atoms with Gasteiger partial charge in [-0.05, 0) is 83.6 Å². The first-order chi connectivity index (χ1) is 27.0. The molecule has 3 saturated carbocycles. The highest BCUT2D eigenvalue weighted by Crippen LogP contribution is 2.65. The Morgan fingerprint density at radius 1 is 0.719 bits per heavy atom. The van der Waals surface area contributed by atoms with Gasteiger partial charge in [0.2, 0.25) is 29.5 Å². The molecule has 14 nitrogen and oxygen atoms in total. The summed E-state index contributed by atoms with van der Waals surface area (Å²) in [6.45, 7) is 15.6. The largest absolute Gasteiger partial charge is 0.481 e. The molecule has 1 saturated heterocycles. The van der Waals surface area contributed by atoms with Crippen LogP contribution in [0, 0.1) is 17.3 Å². The minimum absolute atomic E-state index is 0.0288. The van der Waals surface area contributed by atoms with Crippen LogP contribution in [-0.4, -0.2) is 96.2 Å². The zero-order chi connectivity index (χ0) is 42.3. The quantitative estimate of drug-likeness (QED) is 0.0473. The standard InChI is InChI=1S/C42H77BN6O8/c1-9-11-12-13-14-15-16-17-18-19-20-22-35(51)47-32(23-24-44)39(54)49-36(28(4)50)40(55)45-27(3)37(52)48-31(21-10-2)38(53)46-29(5)43-56-34-26-30-25-33(41(30,6)7)42(34,8)57-43/h27-34,36,50H,9-26,44H2,1-8H3,(H,45,55)(H,46,53)(H,47,51)(H,48,52)(H,49,54). The molecule has 1 aliphatic heterocycles. The molecule has 0 spiro atoms. The van der Waals surface area contributed by atoms with Gasteiger partial charge in [-0.3, -0.25) is 24.0 Å². The average Bonchev–Trinajstić information content (AvgIpc) is 3.52. The van der Waals surface area contributed by atoms with Crippen molar-refractivity contribution in [2.45, 2.75) is 212 Å². The minimum atomic E-state index is -1.42. The molecule has 4 rings (SSSR count). The molecule has 0 aromatic heterocycles. The lowest BCUT2D eigenvalue weighted by Gasteiger charge is -2.64. The fourth-order valence-electron chi connectivity index (χ4n) is 9.04. The summed E-state index contributed by atoms with van der Waals surface area (Å²) >= 11 is 0. The van der Waals surface area contributed by atoms with Gasteiger partial charge < -0.3 is 46.7 Å². The number of nitrogens with one attached hydrogen (secondary N) is 5. The van der Waals surface area contributed by atoms with Crippen LogP contribution in [0.3, 0.4) is 0 Å². The topological polar surface area (TPSA) is 210 Å². The van der Waals surface area contributed by atoms with Crippen LogP contribution in [0.5, 0.6) is 0 Å². The van der Waals surface area contributed by atoms with Gasteiger partial charge in [0.25, 0.3) is 0 Å². The van der Waals surface area contributed by atoms with Crippen molar-refractivity contribution < 1.29 is 38.4 Å². The zero-order valence-electron chi connectivity index (χ0n) is 36.4. The molecule has 10 atom stereocenters. The van der Waals surface area contributed by atoms with E-state index in [4.69, 9.17) is 15.0 Å². The van der Waals surface area contributed by atoms with Crippen molar-refractivity contribution in [1.82, 2.24) is 26.6 Å². The number of carbonyl (C=O) groups is 5. The molecular formula is C42H77BN6O8. The first-order valence-electron chi connectivity index (χ1n) is 22.2. The molecule has 5 amide bonds. The molecule has 4 fully saturated rings. The maximum absolute atomic E-state index is 13.5. The number of rotatable bonds is 27. The van der Waals surface area contributed by atoms with Gasteiger partial charge in [-0.2, -0.15) is 0 Å². The van der Waals surface area contributed by atoms with Crippen molar-refractivity contribution in [3.63, 3.8) is 0 Å². The van der Waals surface area contributed by atoms with E-state index in [1.165, 1.54) is 58.8 Å². The Morgan fingerprint density at radius 2 is 1.30 bits per heavy atom. The van der Waals surface area contributed by atoms with Crippen LogP contribution in [0.4, 0.5) is 0 Å². The van der Waals surface area contributed by atoms with Gasteiger partial charge in [-0.1, -0.05) is 98.3 Å². The van der Waals surface area contributed by atoms with E-state index in [-0.39, 0.29) is 36.8 Å². The molecule has 3 aliphatic carbocycles. The number of unbranched alkanes of at least 4 members (excludes halogenated alkanes) is 10. The van der Waals surface area contributed by atoms with Gasteiger partial charge in [-0.15, -0.1) is 0 Å².